The fourth-order valence-electron chi connectivity index (χ4n) is 2.30. The molecule has 1 aliphatic carbocycles. The second-order valence-corrected chi connectivity index (χ2v) is 4.94. The fraction of sp³-hybridized carbons (Fsp3) is 0.500. The number of hydrogen-bond acceptors (Lipinski definition) is 5. The molecule has 1 heterocycles. The number of pyridine rings is 1. The quantitative estimate of drug-likeness (QED) is 0.602. The Labute approximate surface area is 109 Å². The van der Waals surface area contributed by atoms with Crippen molar-refractivity contribution in [3.05, 3.63) is 28.4 Å². The minimum atomic E-state index is -0.789. The monoisotopic (exact) mass is 265 g/mol. The van der Waals surface area contributed by atoms with Crippen LogP contribution in [0.4, 0.5) is 11.5 Å². The summed E-state index contributed by atoms with van der Waals surface area (Å²) in [7, 11) is 0. The van der Waals surface area contributed by atoms with Crippen molar-refractivity contribution in [3.63, 3.8) is 0 Å². The molecule has 1 fully saturated rings. The Bertz CT molecular complexity index is 482. The van der Waals surface area contributed by atoms with E-state index in [1.165, 1.54) is 12.3 Å². The van der Waals surface area contributed by atoms with E-state index in [0.29, 0.717) is 12.2 Å². The average molecular weight is 265 g/mol. The number of nitrogens with zero attached hydrogens (tertiary/aromatic N) is 2. The molecule has 0 aromatic carbocycles. The SMILES string of the molecule is O=C(O)CC1(CNc2ccc([N+](=O)[O-])nc2)CCC1. The van der Waals surface area contributed by atoms with E-state index in [0.717, 1.165) is 19.3 Å². The van der Waals surface area contributed by atoms with E-state index in [1.54, 1.807) is 6.07 Å². The normalized spacial score (nSPS) is 16.4. The number of anilines is 1. The standard InChI is InChI=1S/C12H15N3O4/c16-11(17)6-12(4-1-5-12)8-14-9-2-3-10(13-7-9)15(18)19/h2-3,7,14H,1,4-6,8H2,(H,16,17). The van der Waals surface area contributed by atoms with Gasteiger partial charge in [0.05, 0.1) is 12.1 Å². The van der Waals surface area contributed by atoms with Crippen LogP contribution in [0.1, 0.15) is 25.7 Å². The van der Waals surface area contributed by atoms with E-state index in [1.807, 2.05) is 0 Å². The van der Waals surface area contributed by atoms with Crippen molar-refractivity contribution in [1.29, 1.82) is 0 Å². The Morgan fingerprint density at radius 1 is 1.53 bits per heavy atom. The summed E-state index contributed by atoms with van der Waals surface area (Å²) in [4.78, 5) is 24.4. The number of carboxylic acids is 1. The second kappa shape index (κ2) is 5.21. The van der Waals surface area contributed by atoms with E-state index in [2.05, 4.69) is 10.3 Å². The zero-order valence-corrected chi connectivity index (χ0v) is 10.3. The summed E-state index contributed by atoms with van der Waals surface area (Å²) < 4.78 is 0. The summed E-state index contributed by atoms with van der Waals surface area (Å²) in [6.45, 7) is 0.554. The average Bonchev–Trinajstić information content (AvgIpc) is 2.32. The molecule has 0 aliphatic heterocycles. The number of hydrogen-bond donors (Lipinski definition) is 2. The van der Waals surface area contributed by atoms with Crippen molar-refractivity contribution in [2.45, 2.75) is 25.7 Å². The molecule has 0 unspecified atom stereocenters. The molecular formula is C12H15N3O4. The first-order valence-corrected chi connectivity index (χ1v) is 6.07. The molecule has 1 aromatic heterocycles. The number of rotatable bonds is 6. The topological polar surface area (TPSA) is 105 Å². The van der Waals surface area contributed by atoms with E-state index < -0.39 is 10.9 Å². The van der Waals surface area contributed by atoms with Gasteiger partial charge in [0.25, 0.3) is 0 Å². The van der Waals surface area contributed by atoms with E-state index in [4.69, 9.17) is 5.11 Å². The summed E-state index contributed by atoms with van der Waals surface area (Å²) in [5.74, 6) is -0.988. The number of nitro groups is 1. The van der Waals surface area contributed by atoms with Crippen LogP contribution in [-0.2, 0) is 4.79 Å². The van der Waals surface area contributed by atoms with Crippen LogP contribution in [0.5, 0.6) is 0 Å². The summed E-state index contributed by atoms with van der Waals surface area (Å²) >= 11 is 0. The third-order valence-corrected chi connectivity index (χ3v) is 3.54. The first kappa shape index (κ1) is 13.3. The summed E-state index contributed by atoms with van der Waals surface area (Å²) in [5.41, 5.74) is 0.482. The summed E-state index contributed by atoms with van der Waals surface area (Å²) in [6, 6.07) is 2.91. The van der Waals surface area contributed by atoms with Crippen LogP contribution in [0, 0.1) is 15.5 Å². The number of carboxylic acid groups (broad SMARTS) is 1. The summed E-state index contributed by atoms with van der Waals surface area (Å²) in [5, 5.41) is 22.5. The molecule has 0 radical (unpaired) electrons. The highest BCUT2D eigenvalue weighted by Gasteiger charge is 2.38. The molecular weight excluding hydrogens is 250 g/mol. The van der Waals surface area contributed by atoms with Gasteiger partial charge in [-0.25, -0.2) is 0 Å². The zero-order chi connectivity index (χ0) is 13.9. The van der Waals surface area contributed by atoms with Crippen LogP contribution in [-0.4, -0.2) is 27.5 Å². The van der Waals surface area contributed by atoms with Gasteiger partial charge in [-0.05, 0) is 34.2 Å². The van der Waals surface area contributed by atoms with E-state index >= 15 is 0 Å². The summed E-state index contributed by atoms with van der Waals surface area (Å²) in [6.07, 6.45) is 4.39. The van der Waals surface area contributed by atoms with Crippen molar-refractivity contribution in [3.8, 4) is 0 Å². The van der Waals surface area contributed by atoms with Gasteiger partial charge >= 0.3 is 11.8 Å². The lowest BCUT2D eigenvalue weighted by molar-refractivity contribution is -0.389. The molecule has 0 bridgehead atoms. The number of aliphatic carboxylic acids is 1. The van der Waals surface area contributed by atoms with Gasteiger partial charge in [-0.2, -0.15) is 0 Å². The predicted octanol–water partition coefficient (Wildman–Crippen LogP) is 2.05. The second-order valence-electron chi connectivity index (χ2n) is 4.94. The molecule has 102 valence electrons. The molecule has 7 heteroatoms. The molecule has 7 nitrogen and oxygen atoms in total. The number of carbonyl (C=O) groups is 1. The lowest BCUT2D eigenvalue weighted by atomic mass is 9.66. The third kappa shape index (κ3) is 3.18. The highest BCUT2D eigenvalue weighted by atomic mass is 16.6. The van der Waals surface area contributed by atoms with Gasteiger partial charge < -0.3 is 20.5 Å². The van der Waals surface area contributed by atoms with Crippen LogP contribution in [0.15, 0.2) is 18.3 Å². The molecule has 0 atom stereocenters. The predicted molar refractivity (Wildman–Crippen MR) is 67.9 cm³/mol. The van der Waals surface area contributed by atoms with E-state index in [-0.39, 0.29) is 17.7 Å². The van der Waals surface area contributed by atoms with Gasteiger partial charge in [-0.1, -0.05) is 6.42 Å². The maximum atomic E-state index is 10.8. The van der Waals surface area contributed by atoms with Gasteiger partial charge in [0.2, 0.25) is 0 Å². The molecule has 0 saturated heterocycles. The Morgan fingerprint density at radius 2 is 2.26 bits per heavy atom. The lowest BCUT2D eigenvalue weighted by Gasteiger charge is -2.41. The molecule has 1 aliphatic rings. The molecule has 0 amide bonds. The molecule has 1 saturated carbocycles. The Balaban J connectivity index is 1.94. The van der Waals surface area contributed by atoms with Crippen LogP contribution < -0.4 is 5.32 Å². The Morgan fingerprint density at radius 3 is 2.68 bits per heavy atom. The van der Waals surface area contributed by atoms with Crippen molar-refractivity contribution < 1.29 is 14.8 Å². The maximum Gasteiger partial charge on any atom is 0.363 e. The first-order valence-electron chi connectivity index (χ1n) is 6.07. The van der Waals surface area contributed by atoms with Crippen LogP contribution in [0.3, 0.4) is 0 Å². The fourth-order valence-corrected chi connectivity index (χ4v) is 2.30. The van der Waals surface area contributed by atoms with Gasteiger partial charge in [0.15, 0.2) is 6.20 Å². The van der Waals surface area contributed by atoms with E-state index in [9.17, 15) is 14.9 Å². The Hall–Kier alpha value is -2.18. The molecule has 2 N–H and O–H groups in total. The number of nitrogens with one attached hydrogen (secondary N) is 1. The molecule has 19 heavy (non-hydrogen) atoms. The van der Waals surface area contributed by atoms with Crippen molar-refractivity contribution in [1.82, 2.24) is 4.98 Å². The molecule has 1 aromatic rings. The van der Waals surface area contributed by atoms with Crippen molar-refractivity contribution in [2.24, 2.45) is 5.41 Å². The maximum absolute atomic E-state index is 10.8. The zero-order valence-electron chi connectivity index (χ0n) is 10.3. The lowest BCUT2D eigenvalue weighted by Crippen LogP contribution is -2.38. The van der Waals surface area contributed by atoms with Crippen LogP contribution >= 0.6 is 0 Å². The minimum absolute atomic E-state index is 0.153. The molecule has 0 spiro atoms. The largest absolute Gasteiger partial charge is 0.481 e. The Kier molecular flexibility index (Phi) is 3.64. The van der Waals surface area contributed by atoms with Gasteiger partial charge in [-0.15, -0.1) is 0 Å². The molecule has 2 rings (SSSR count). The number of aromatic nitrogens is 1. The van der Waals surface area contributed by atoms with Crippen LogP contribution in [0.25, 0.3) is 0 Å². The van der Waals surface area contributed by atoms with Gasteiger partial charge in [0, 0.05) is 12.6 Å². The van der Waals surface area contributed by atoms with Crippen molar-refractivity contribution in [2.75, 3.05) is 11.9 Å². The minimum Gasteiger partial charge on any atom is -0.481 e. The van der Waals surface area contributed by atoms with Crippen molar-refractivity contribution >= 4 is 17.5 Å². The van der Waals surface area contributed by atoms with Gasteiger partial charge in [0.1, 0.15) is 0 Å². The van der Waals surface area contributed by atoms with Gasteiger partial charge in [-0.3, -0.25) is 4.79 Å². The smallest absolute Gasteiger partial charge is 0.363 e. The third-order valence-electron chi connectivity index (χ3n) is 3.54. The van der Waals surface area contributed by atoms with Crippen LogP contribution in [0.2, 0.25) is 0 Å². The first-order chi connectivity index (χ1) is 9.01. The highest BCUT2D eigenvalue weighted by Crippen LogP contribution is 2.43. The highest BCUT2D eigenvalue weighted by molar-refractivity contribution is 5.68.